The summed E-state index contributed by atoms with van der Waals surface area (Å²) in [7, 11) is 0. The fourth-order valence-electron chi connectivity index (χ4n) is 6.05. The van der Waals surface area contributed by atoms with E-state index in [-0.39, 0.29) is 17.2 Å². The zero-order chi connectivity index (χ0) is 26.5. The van der Waals surface area contributed by atoms with Gasteiger partial charge in [0.05, 0.1) is 13.2 Å². The smallest absolute Gasteiger partial charge is 0.236 e. The molecule has 2 saturated heterocycles. The van der Waals surface area contributed by atoms with E-state index < -0.39 is 0 Å². The van der Waals surface area contributed by atoms with Crippen LogP contribution in [0.15, 0.2) is 48.5 Å². The lowest BCUT2D eigenvalue weighted by Gasteiger charge is -2.43. The lowest BCUT2D eigenvalue weighted by atomic mass is 9.75. The third-order valence-electron chi connectivity index (χ3n) is 8.76. The fraction of sp³-hybridized carbons (Fsp3) is 0.548. The number of amides is 2. The van der Waals surface area contributed by atoms with Crippen molar-refractivity contribution in [1.82, 2.24) is 14.7 Å². The van der Waals surface area contributed by atoms with Crippen LogP contribution in [0.5, 0.6) is 5.75 Å². The van der Waals surface area contributed by atoms with E-state index in [9.17, 15) is 9.59 Å². The number of carbonyl (C=O) groups is 2. The maximum Gasteiger partial charge on any atom is 0.236 e. The lowest BCUT2D eigenvalue weighted by Crippen LogP contribution is -2.50. The van der Waals surface area contributed by atoms with Crippen LogP contribution in [0.25, 0.3) is 0 Å². The number of carbonyl (C=O) groups excluding carboxylic acids is 2. The van der Waals surface area contributed by atoms with Gasteiger partial charge in [-0.15, -0.1) is 0 Å². The van der Waals surface area contributed by atoms with Gasteiger partial charge in [0.2, 0.25) is 11.8 Å². The van der Waals surface area contributed by atoms with Crippen LogP contribution >= 0.6 is 11.6 Å². The van der Waals surface area contributed by atoms with Gasteiger partial charge in [0.25, 0.3) is 0 Å². The molecule has 5 rings (SSSR count). The molecule has 38 heavy (non-hydrogen) atoms. The number of rotatable bonds is 7. The van der Waals surface area contributed by atoms with Crippen LogP contribution in [0.3, 0.4) is 0 Å². The number of ether oxygens (including phenoxy) is 1. The van der Waals surface area contributed by atoms with Crippen LogP contribution in [0, 0.1) is 11.3 Å². The number of halogens is 1. The maximum absolute atomic E-state index is 13.6. The molecule has 6 nitrogen and oxygen atoms in total. The SMILES string of the molecule is CC1CCN(CC(=O)N2CCC(COc3cccc(Cl)c3)(CC(=O)N3CCc4ccccc4C3)CC2)CC1. The van der Waals surface area contributed by atoms with E-state index in [4.69, 9.17) is 16.3 Å². The van der Waals surface area contributed by atoms with Gasteiger partial charge in [-0.1, -0.05) is 48.9 Å². The number of hydrogen-bond acceptors (Lipinski definition) is 4. The minimum Gasteiger partial charge on any atom is -0.493 e. The highest BCUT2D eigenvalue weighted by Crippen LogP contribution is 2.37. The summed E-state index contributed by atoms with van der Waals surface area (Å²) in [5.74, 6) is 1.86. The Bertz CT molecular complexity index is 1120. The first kappa shape index (κ1) is 27.0. The van der Waals surface area contributed by atoms with E-state index in [0.29, 0.717) is 50.0 Å². The highest BCUT2D eigenvalue weighted by atomic mass is 35.5. The molecule has 2 aromatic rings. The molecule has 204 valence electrons. The second-order valence-electron chi connectivity index (χ2n) is 11.6. The number of likely N-dealkylation sites (tertiary alicyclic amines) is 2. The molecule has 0 aliphatic carbocycles. The standard InChI is InChI=1S/C31H40ClN3O3/c1-24-9-14-33(15-10-24)22-30(37)34-17-12-31(13-18-34,23-38-28-8-4-7-27(32)19-28)20-29(36)35-16-11-25-5-2-3-6-26(25)21-35/h2-8,19,24H,9-18,20-23H2,1H3. The van der Waals surface area contributed by atoms with Crippen molar-refractivity contribution in [3.63, 3.8) is 0 Å². The van der Waals surface area contributed by atoms with Gasteiger partial charge >= 0.3 is 0 Å². The molecule has 0 aromatic heterocycles. The molecule has 0 saturated carbocycles. The Morgan fingerprint density at radius 1 is 0.921 bits per heavy atom. The van der Waals surface area contributed by atoms with Crippen LogP contribution in [0.1, 0.15) is 50.2 Å². The quantitative estimate of drug-likeness (QED) is 0.497. The Balaban J connectivity index is 1.23. The first-order valence-electron chi connectivity index (χ1n) is 14.1. The summed E-state index contributed by atoms with van der Waals surface area (Å²) in [6, 6.07) is 15.8. The number of fused-ring (bicyclic) bond motifs is 1. The fourth-order valence-corrected chi connectivity index (χ4v) is 6.23. The second kappa shape index (κ2) is 12.1. The third kappa shape index (κ3) is 6.70. The average Bonchev–Trinajstić information content (AvgIpc) is 2.93. The largest absolute Gasteiger partial charge is 0.493 e. The zero-order valence-corrected chi connectivity index (χ0v) is 23.3. The summed E-state index contributed by atoms with van der Waals surface area (Å²) >= 11 is 6.18. The lowest BCUT2D eigenvalue weighted by molar-refractivity contribution is -0.139. The first-order chi connectivity index (χ1) is 18.4. The topological polar surface area (TPSA) is 53.1 Å². The minimum atomic E-state index is -0.312. The van der Waals surface area contributed by atoms with E-state index in [0.717, 1.165) is 44.8 Å². The predicted molar refractivity (Wildman–Crippen MR) is 150 cm³/mol. The summed E-state index contributed by atoms with van der Waals surface area (Å²) in [4.78, 5) is 33.0. The Labute approximate surface area is 231 Å². The maximum atomic E-state index is 13.6. The van der Waals surface area contributed by atoms with Crippen molar-refractivity contribution in [2.75, 3.05) is 45.9 Å². The summed E-state index contributed by atoms with van der Waals surface area (Å²) in [6.45, 7) is 7.99. The van der Waals surface area contributed by atoms with Gasteiger partial charge in [-0.2, -0.15) is 0 Å². The number of hydrogen-bond donors (Lipinski definition) is 0. The predicted octanol–water partition coefficient (Wildman–Crippen LogP) is 5.03. The molecule has 3 aliphatic rings. The van der Waals surface area contributed by atoms with Crippen LogP contribution in [0.4, 0.5) is 0 Å². The zero-order valence-electron chi connectivity index (χ0n) is 22.5. The van der Waals surface area contributed by atoms with E-state index in [1.165, 1.54) is 24.0 Å². The second-order valence-corrected chi connectivity index (χ2v) is 12.0. The molecule has 2 aromatic carbocycles. The molecular weight excluding hydrogens is 498 g/mol. The van der Waals surface area contributed by atoms with Crippen LogP contribution < -0.4 is 4.74 Å². The van der Waals surface area contributed by atoms with Gasteiger partial charge in [0, 0.05) is 43.0 Å². The molecule has 0 radical (unpaired) electrons. The van der Waals surface area contributed by atoms with Crippen LogP contribution in [-0.2, 0) is 22.6 Å². The molecule has 3 aliphatic heterocycles. The highest BCUT2D eigenvalue weighted by molar-refractivity contribution is 6.30. The molecule has 2 fully saturated rings. The third-order valence-corrected chi connectivity index (χ3v) is 9.00. The van der Waals surface area contributed by atoms with E-state index >= 15 is 0 Å². The van der Waals surface area contributed by atoms with Crippen molar-refractivity contribution in [3.8, 4) is 5.75 Å². The molecule has 0 unspecified atom stereocenters. The van der Waals surface area contributed by atoms with Crippen molar-refractivity contribution < 1.29 is 14.3 Å². The van der Waals surface area contributed by atoms with Crippen molar-refractivity contribution >= 4 is 23.4 Å². The summed E-state index contributed by atoms with van der Waals surface area (Å²) < 4.78 is 6.23. The van der Waals surface area contributed by atoms with Crippen molar-refractivity contribution in [1.29, 1.82) is 0 Å². The van der Waals surface area contributed by atoms with E-state index in [1.807, 2.05) is 40.1 Å². The van der Waals surface area contributed by atoms with E-state index in [2.05, 4.69) is 30.0 Å². The Morgan fingerprint density at radius 3 is 2.39 bits per heavy atom. The number of benzene rings is 2. The summed E-state index contributed by atoms with van der Waals surface area (Å²) in [5, 5.41) is 0.632. The van der Waals surface area contributed by atoms with Crippen LogP contribution in [-0.4, -0.2) is 72.4 Å². The van der Waals surface area contributed by atoms with E-state index in [1.54, 1.807) is 0 Å². The average molecular weight is 538 g/mol. The van der Waals surface area contributed by atoms with Gasteiger partial charge < -0.3 is 14.5 Å². The summed E-state index contributed by atoms with van der Waals surface area (Å²) in [5.41, 5.74) is 2.27. The molecule has 7 heteroatoms. The molecule has 0 N–H and O–H groups in total. The minimum absolute atomic E-state index is 0.177. The van der Waals surface area contributed by atoms with Gasteiger partial charge in [0.15, 0.2) is 0 Å². The number of piperidine rings is 2. The molecule has 0 spiro atoms. The van der Waals surface area contributed by atoms with Crippen molar-refractivity contribution in [2.24, 2.45) is 11.3 Å². The Hall–Kier alpha value is -2.57. The monoisotopic (exact) mass is 537 g/mol. The molecule has 3 heterocycles. The first-order valence-corrected chi connectivity index (χ1v) is 14.5. The van der Waals surface area contributed by atoms with Gasteiger partial charge in [0.1, 0.15) is 5.75 Å². The molecule has 0 atom stereocenters. The number of nitrogens with zero attached hydrogens (tertiary/aromatic N) is 3. The molecule has 0 bridgehead atoms. The normalized spacial score (nSPS) is 20.2. The Kier molecular flexibility index (Phi) is 8.59. The molecule has 2 amide bonds. The summed E-state index contributed by atoms with van der Waals surface area (Å²) in [6.07, 6.45) is 5.17. The molecular formula is C31H40ClN3O3. The Morgan fingerprint density at radius 2 is 1.66 bits per heavy atom. The van der Waals surface area contributed by atoms with Crippen molar-refractivity contribution in [2.45, 2.75) is 52.0 Å². The highest BCUT2D eigenvalue weighted by Gasteiger charge is 2.40. The van der Waals surface area contributed by atoms with Crippen LogP contribution in [0.2, 0.25) is 5.02 Å². The van der Waals surface area contributed by atoms with Gasteiger partial charge in [-0.05, 0) is 80.4 Å². The van der Waals surface area contributed by atoms with Crippen molar-refractivity contribution in [3.05, 3.63) is 64.7 Å². The van der Waals surface area contributed by atoms with Gasteiger partial charge in [-0.25, -0.2) is 0 Å². The van der Waals surface area contributed by atoms with Gasteiger partial charge in [-0.3, -0.25) is 14.5 Å².